The van der Waals surface area contributed by atoms with Gasteiger partial charge in [-0.25, -0.2) is 19.5 Å². The molecule has 3 heterocycles. The number of phosphoric acid groups is 1. The van der Waals surface area contributed by atoms with Crippen molar-refractivity contribution in [2.45, 2.75) is 91.5 Å². The van der Waals surface area contributed by atoms with Gasteiger partial charge in [0.15, 0.2) is 25.3 Å². The smallest absolute Gasteiger partial charge is 0.414 e. The summed E-state index contributed by atoms with van der Waals surface area (Å²) in [5.74, 6) is 0.787. The molecule has 1 fully saturated rings. The number of ether oxygens (including phenoxy) is 1. The molecule has 2 aromatic heterocycles. The fraction of sp³-hybridized carbons (Fsp3) is 0.792. The lowest BCUT2D eigenvalue weighted by Gasteiger charge is -2.37. The van der Waals surface area contributed by atoms with Gasteiger partial charge in [0.1, 0.15) is 24.8 Å². The van der Waals surface area contributed by atoms with Gasteiger partial charge in [0.05, 0.1) is 26.1 Å². The maximum absolute atomic E-state index is 13.3. The number of anilines is 1. The van der Waals surface area contributed by atoms with Crippen molar-refractivity contribution in [3.05, 3.63) is 12.7 Å². The van der Waals surface area contributed by atoms with Gasteiger partial charge in [-0.2, -0.15) is 0 Å². The van der Waals surface area contributed by atoms with E-state index in [1.165, 1.54) is 0 Å². The van der Waals surface area contributed by atoms with Crippen LogP contribution in [0.5, 0.6) is 0 Å². The molecular formula is C24H44N5O6PSi. The Bertz CT molecular complexity index is 1060. The molecule has 1 aliphatic rings. The number of nitrogens with zero attached hydrogens (tertiary/aromatic N) is 5. The number of aromatic nitrogens is 4. The third kappa shape index (κ3) is 6.79. The maximum atomic E-state index is 13.3. The van der Waals surface area contributed by atoms with E-state index in [0.29, 0.717) is 24.2 Å². The van der Waals surface area contributed by atoms with Crippen molar-refractivity contribution in [1.82, 2.24) is 19.5 Å². The van der Waals surface area contributed by atoms with E-state index in [2.05, 4.69) is 67.6 Å². The number of imidazole rings is 1. The van der Waals surface area contributed by atoms with Gasteiger partial charge in [0.25, 0.3) is 0 Å². The van der Waals surface area contributed by atoms with Crippen molar-refractivity contribution >= 4 is 33.1 Å². The summed E-state index contributed by atoms with van der Waals surface area (Å²) in [6.45, 7) is 21.0. The van der Waals surface area contributed by atoms with E-state index in [0.717, 1.165) is 18.9 Å². The Hall–Kier alpha value is -1.40. The van der Waals surface area contributed by atoms with Gasteiger partial charge in [0, 0.05) is 19.5 Å². The van der Waals surface area contributed by atoms with Gasteiger partial charge in [-0.15, -0.1) is 0 Å². The Labute approximate surface area is 222 Å². The lowest BCUT2D eigenvalue weighted by molar-refractivity contribution is -0.0423. The van der Waals surface area contributed by atoms with E-state index < -0.39 is 34.6 Å². The summed E-state index contributed by atoms with van der Waals surface area (Å²) in [5, 5.41) is 0.0333. The average molecular weight is 558 g/mol. The summed E-state index contributed by atoms with van der Waals surface area (Å²) < 4.78 is 45.0. The lowest BCUT2D eigenvalue weighted by atomic mass is 10.2. The van der Waals surface area contributed by atoms with Crippen LogP contribution in [0.25, 0.3) is 11.2 Å². The second-order valence-electron chi connectivity index (χ2n) is 10.6. The summed E-state index contributed by atoms with van der Waals surface area (Å²) in [4.78, 5) is 15.8. The molecule has 0 aliphatic carbocycles. The molecule has 1 aliphatic heterocycles. The quantitative estimate of drug-likeness (QED) is 0.230. The Morgan fingerprint density at radius 1 is 1.11 bits per heavy atom. The zero-order chi connectivity index (χ0) is 27.4. The van der Waals surface area contributed by atoms with Crippen molar-refractivity contribution in [1.29, 1.82) is 0 Å². The summed E-state index contributed by atoms with van der Waals surface area (Å²) in [6.07, 6.45) is 2.18. The van der Waals surface area contributed by atoms with Gasteiger partial charge in [-0.3, -0.25) is 18.1 Å². The van der Waals surface area contributed by atoms with Crippen LogP contribution in [0.2, 0.25) is 18.1 Å². The molecule has 0 unspecified atom stereocenters. The molecule has 210 valence electrons. The van der Waals surface area contributed by atoms with Gasteiger partial charge >= 0.3 is 7.82 Å². The summed E-state index contributed by atoms with van der Waals surface area (Å²) in [6, 6.07) is 0. The molecule has 0 aromatic carbocycles. The lowest BCUT2D eigenvalue weighted by Crippen LogP contribution is -2.44. The van der Waals surface area contributed by atoms with Gasteiger partial charge < -0.3 is 14.1 Å². The molecule has 13 heteroatoms. The number of fused-ring (bicyclic) bond motifs is 1. The highest BCUT2D eigenvalue weighted by molar-refractivity contribution is 7.48. The summed E-state index contributed by atoms with van der Waals surface area (Å²) >= 11 is 0. The first-order valence-electron chi connectivity index (χ1n) is 13.2. The number of rotatable bonds is 13. The Morgan fingerprint density at radius 2 is 1.76 bits per heavy atom. The molecule has 3 atom stereocenters. The topological polar surface area (TPSA) is 110 Å². The highest BCUT2D eigenvalue weighted by atomic mass is 31.2. The Morgan fingerprint density at radius 3 is 2.32 bits per heavy atom. The zero-order valence-electron chi connectivity index (χ0n) is 23.8. The molecule has 3 rings (SSSR count). The van der Waals surface area contributed by atoms with Gasteiger partial charge in [0.2, 0.25) is 0 Å². The van der Waals surface area contributed by atoms with Crippen LogP contribution in [0.15, 0.2) is 12.7 Å². The number of hydrogen-bond acceptors (Lipinski definition) is 10. The molecule has 37 heavy (non-hydrogen) atoms. The highest BCUT2D eigenvalue weighted by Crippen LogP contribution is 2.53. The van der Waals surface area contributed by atoms with Crippen LogP contribution in [0, 0.1) is 0 Å². The van der Waals surface area contributed by atoms with Crippen molar-refractivity contribution < 1.29 is 27.3 Å². The molecular weight excluding hydrogens is 513 g/mol. The van der Waals surface area contributed by atoms with Crippen LogP contribution in [0.4, 0.5) is 5.82 Å². The number of hydrogen-bond donors (Lipinski definition) is 0. The molecule has 2 aromatic rings. The fourth-order valence-corrected chi connectivity index (χ4v) is 6.42. The molecule has 1 saturated heterocycles. The first-order chi connectivity index (χ1) is 17.4. The van der Waals surface area contributed by atoms with E-state index >= 15 is 0 Å². The van der Waals surface area contributed by atoms with Crippen LogP contribution in [-0.2, 0) is 27.3 Å². The van der Waals surface area contributed by atoms with E-state index in [4.69, 9.17) is 22.7 Å². The van der Waals surface area contributed by atoms with Crippen LogP contribution in [0.3, 0.4) is 0 Å². The first kappa shape index (κ1) is 30.1. The zero-order valence-corrected chi connectivity index (χ0v) is 25.7. The fourth-order valence-electron chi connectivity index (χ4n) is 4.02. The molecule has 0 N–H and O–H groups in total. The van der Waals surface area contributed by atoms with Gasteiger partial charge in [-0.05, 0) is 45.8 Å². The van der Waals surface area contributed by atoms with E-state index in [9.17, 15) is 4.57 Å². The van der Waals surface area contributed by atoms with E-state index in [-0.39, 0.29) is 18.3 Å². The van der Waals surface area contributed by atoms with E-state index in [1.54, 1.807) is 26.5 Å². The van der Waals surface area contributed by atoms with Crippen LogP contribution >= 0.6 is 7.82 Å². The van der Waals surface area contributed by atoms with Crippen LogP contribution in [0.1, 0.15) is 61.1 Å². The van der Waals surface area contributed by atoms with Crippen molar-refractivity contribution in [2.24, 2.45) is 0 Å². The minimum atomic E-state index is -3.76. The standard InChI is InChI=1S/C24H44N5O6PSi/c1-10-28(11-2)22-21-23(26-16-25-22)29(17-27-21)20-14-18(35-36(30,31-12-3)32-13-4)19(34-20)15-33-37(8,9)24(5,6)7/h16-20H,10-15H2,1-9H3/t18-,19+,20+/m1/s1. The van der Waals surface area contributed by atoms with Crippen molar-refractivity contribution in [3.8, 4) is 0 Å². The average Bonchev–Trinajstić information content (AvgIpc) is 3.42. The highest BCUT2D eigenvalue weighted by Gasteiger charge is 2.45. The number of phosphoric ester groups is 1. The molecule has 0 bridgehead atoms. The van der Waals surface area contributed by atoms with Crippen LogP contribution in [-0.4, -0.2) is 73.0 Å². The molecule has 11 nitrogen and oxygen atoms in total. The van der Waals surface area contributed by atoms with Gasteiger partial charge in [-0.1, -0.05) is 20.8 Å². The molecule has 0 radical (unpaired) electrons. The first-order valence-corrected chi connectivity index (χ1v) is 17.6. The third-order valence-electron chi connectivity index (χ3n) is 7.15. The SMILES string of the molecule is CCOP(=O)(OCC)O[C@@H]1C[C@@H](n2cnc3c(N(CC)CC)ncnc32)O[C@H]1CO[Si](C)(C)C(C)(C)C. The Kier molecular flexibility index (Phi) is 9.93. The second-order valence-corrected chi connectivity index (χ2v) is 17.0. The largest absolute Gasteiger partial charge is 0.475 e. The van der Waals surface area contributed by atoms with Crippen molar-refractivity contribution in [2.75, 3.05) is 37.8 Å². The minimum Gasteiger partial charge on any atom is -0.414 e. The van der Waals surface area contributed by atoms with E-state index in [1.807, 2.05) is 4.57 Å². The summed E-state index contributed by atoms with van der Waals surface area (Å²) in [7, 11) is -5.83. The molecule has 0 saturated carbocycles. The predicted molar refractivity (Wildman–Crippen MR) is 146 cm³/mol. The maximum Gasteiger partial charge on any atom is 0.475 e. The minimum absolute atomic E-state index is 0.0333. The normalized spacial score (nSPS) is 21.2. The molecule has 0 spiro atoms. The third-order valence-corrected chi connectivity index (χ3v) is 13.3. The van der Waals surface area contributed by atoms with Crippen molar-refractivity contribution in [3.63, 3.8) is 0 Å². The van der Waals surface area contributed by atoms with Crippen LogP contribution < -0.4 is 4.90 Å². The monoisotopic (exact) mass is 557 g/mol. The second kappa shape index (κ2) is 12.2. The molecule has 0 amide bonds. The summed E-state index contributed by atoms with van der Waals surface area (Å²) in [5.41, 5.74) is 1.38. The Balaban J connectivity index is 1.92. The predicted octanol–water partition coefficient (Wildman–Crippen LogP) is 5.55.